The number of fused-ring (bicyclic) bond motifs is 1. The van der Waals surface area contributed by atoms with Crippen molar-refractivity contribution < 1.29 is 28.6 Å². The van der Waals surface area contributed by atoms with Crippen molar-refractivity contribution in [3.63, 3.8) is 0 Å². The molecule has 0 aliphatic heterocycles. The van der Waals surface area contributed by atoms with Gasteiger partial charge in [-0.1, -0.05) is 24.3 Å². The molecule has 0 saturated carbocycles. The minimum atomic E-state index is -1.59. The van der Waals surface area contributed by atoms with Crippen molar-refractivity contribution in [1.29, 1.82) is 0 Å². The van der Waals surface area contributed by atoms with Crippen LogP contribution in [0.15, 0.2) is 48.5 Å². The second-order valence-corrected chi connectivity index (χ2v) is 7.38. The van der Waals surface area contributed by atoms with Crippen molar-refractivity contribution in [2.45, 2.75) is 32.6 Å². The number of carbonyl (C=O) groups excluding carboxylic acids is 3. The third-order valence-electron chi connectivity index (χ3n) is 5.46. The first-order chi connectivity index (χ1) is 14.9. The Morgan fingerprint density at radius 2 is 1.65 bits per heavy atom. The zero-order valence-corrected chi connectivity index (χ0v) is 18.0. The number of rotatable bonds is 7. The normalized spacial score (nSPS) is 16.5. The number of methoxy groups -OCH3 is 1. The quantitative estimate of drug-likeness (QED) is 0.540. The molecule has 0 radical (unpaired) electrons. The summed E-state index contributed by atoms with van der Waals surface area (Å²) in [5, 5.41) is 2.89. The highest BCUT2D eigenvalue weighted by atomic mass is 16.6. The van der Waals surface area contributed by atoms with Crippen molar-refractivity contribution >= 4 is 23.5 Å². The largest absolute Gasteiger partial charge is 0.497 e. The summed E-state index contributed by atoms with van der Waals surface area (Å²) >= 11 is 0. The van der Waals surface area contributed by atoms with E-state index in [2.05, 4.69) is 5.32 Å². The molecule has 1 aliphatic carbocycles. The Bertz CT molecular complexity index is 938. The molecule has 0 aromatic heterocycles. The Balaban J connectivity index is 2.07. The van der Waals surface area contributed by atoms with E-state index in [-0.39, 0.29) is 32.0 Å². The molecule has 2 aromatic carbocycles. The van der Waals surface area contributed by atoms with Crippen LogP contribution < -0.4 is 10.1 Å². The fourth-order valence-corrected chi connectivity index (χ4v) is 3.96. The van der Waals surface area contributed by atoms with E-state index in [1.807, 2.05) is 18.2 Å². The summed E-state index contributed by atoms with van der Waals surface area (Å²) in [6.45, 7) is 3.60. The highest BCUT2D eigenvalue weighted by Crippen LogP contribution is 2.46. The van der Waals surface area contributed by atoms with Gasteiger partial charge in [0.05, 0.1) is 26.2 Å². The van der Waals surface area contributed by atoms with Gasteiger partial charge in [0.25, 0.3) is 0 Å². The molecule has 1 aliphatic rings. The number of nitrogens with one attached hydrogen (secondary N) is 1. The number of esters is 2. The Morgan fingerprint density at radius 3 is 2.23 bits per heavy atom. The lowest BCUT2D eigenvalue weighted by Gasteiger charge is -2.37. The zero-order valence-electron chi connectivity index (χ0n) is 18.0. The molecule has 0 spiro atoms. The Morgan fingerprint density at radius 1 is 1.00 bits per heavy atom. The van der Waals surface area contributed by atoms with Gasteiger partial charge in [-0.25, -0.2) is 0 Å². The van der Waals surface area contributed by atoms with Crippen LogP contribution in [0.5, 0.6) is 5.75 Å². The summed E-state index contributed by atoms with van der Waals surface area (Å²) < 4.78 is 15.9. The zero-order chi connectivity index (χ0) is 22.4. The first kappa shape index (κ1) is 22.3. The summed E-state index contributed by atoms with van der Waals surface area (Å²) in [4.78, 5) is 39.4. The fourth-order valence-electron chi connectivity index (χ4n) is 3.96. The smallest absolute Gasteiger partial charge is 0.323 e. The van der Waals surface area contributed by atoms with Crippen LogP contribution in [-0.4, -0.2) is 38.2 Å². The van der Waals surface area contributed by atoms with Gasteiger partial charge in [0.1, 0.15) is 5.75 Å². The van der Waals surface area contributed by atoms with Gasteiger partial charge < -0.3 is 19.5 Å². The van der Waals surface area contributed by atoms with Gasteiger partial charge in [0.15, 0.2) is 5.41 Å². The third-order valence-corrected chi connectivity index (χ3v) is 5.46. The predicted molar refractivity (Wildman–Crippen MR) is 115 cm³/mol. The maximum Gasteiger partial charge on any atom is 0.323 e. The standard InChI is InChI=1S/C24H27NO6/c1-4-30-22(27)24(23(28)31-5-2)14-16-11-12-18(29-3)13-19(16)20(15-24)21(26)25-17-9-7-6-8-10-17/h6-13,20H,4-5,14-15H2,1-3H3,(H,25,26). The monoisotopic (exact) mass is 425 g/mol. The lowest BCUT2D eigenvalue weighted by molar-refractivity contribution is -0.173. The van der Waals surface area contributed by atoms with Gasteiger partial charge in [0, 0.05) is 5.69 Å². The van der Waals surface area contributed by atoms with Crippen LogP contribution in [-0.2, 0) is 30.3 Å². The predicted octanol–water partition coefficient (Wildman–Crippen LogP) is 3.48. The van der Waals surface area contributed by atoms with Crippen LogP contribution in [0.2, 0.25) is 0 Å². The fraction of sp³-hybridized carbons (Fsp3) is 0.375. The Labute approximate surface area is 181 Å². The number of benzene rings is 2. The number of hydrogen-bond acceptors (Lipinski definition) is 6. The molecular formula is C24H27NO6. The molecule has 1 N–H and O–H groups in total. The van der Waals surface area contributed by atoms with Crippen LogP contribution in [0, 0.1) is 5.41 Å². The average Bonchev–Trinajstić information content (AvgIpc) is 2.78. The highest BCUT2D eigenvalue weighted by Gasteiger charge is 2.54. The molecule has 1 atom stereocenters. The first-order valence-electron chi connectivity index (χ1n) is 10.3. The van der Waals surface area contributed by atoms with E-state index in [9.17, 15) is 14.4 Å². The van der Waals surface area contributed by atoms with E-state index in [4.69, 9.17) is 14.2 Å². The number of amides is 1. The van der Waals surface area contributed by atoms with Crippen molar-refractivity contribution in [2.75, 3.05) is 25.6 Å². The van der Waals surface area contributed by atoms with Gasteiger partial charge in [-0.05, 0) is 62.1 Å². The molecule has 3 rings (SSSR count). The number of ether oxygens (including phenoxy) is 3. The Hall–Kier alpha value is -3.35. The van der Waals surface area contributed by atoms with E-state index in [1.54, 1.807) is 51.3 Å². The average molecular weight is 425 g/mol. The lowest BCUT2D eigenvalue weighted by Crippen LogP contribution is -2.48. The van der Waals surface area contributed by atoms with Crippen LogP contribution >= 0.6 is 0 Å². The number of para-hydroxylation sites is 1. The summed E-state index contributed by atoms with van der Waals surface area (Å²) in [5.41, 5.74) is 0.463. The van der Waals surface area contributed by atoms with E-state index >= 15 is 0 Å². The SMILES string of the molecule is CCOC(=O)C1(C(=O)OCC)Cc2ccc(OC)cc2C(C(=O)Nc2ccccc2)C1. The minimum absolute atomic E-state index is 0.0521. The maximum absolute atomic E-state index is 13.3. The van der Waals surface area contributed by atoms with Gasteiger partial charge >= 0.3 is 11.9 Å². The topological polar surface area (TPSA) is 90.9 Å². The van der Waals surface area contributed by atoms with E-state index in [1.165, 1.54) is 0 Å². The summed E-state index contributed by atoms with van der Waals surface area (Å²) in [6.07, 6.45) is 0.0443. The van der Waals surface area contributed by atoms with Crippen LogP contribution in [0.3, 0.4) is 0 Å². The second-order valence-electron chi connectivity index (χ2n) is 7.38. The Kier molecular flexibility index (Phi) is 6.95. The third kappa shape index (κ3) is 4.55. The van der Waals surface area contributed by atoms with Crippen molar-refractivity contribution in [3.05, 3.63) is 59.7 Å². The van der Waals surface area contributed by atoms with Gasteiger partial charge in [-0.15, -0.1) is 0 Å². The summed E-state index contributed by atoms with van der Waals surface area (Å²) in [5.74, 6) is -1.85. The summed E-state index contributed by atoms with van der Waals surface area (Å²) in [7, 11) is 1.55. The number of carbonyl (C=O) groups is 3. The highest BCUT2D eigenvalue weighted by molar-refractivity contribution is 6.04. The molecule has 0 heterocycles. The van der Waals surface area contributed by atoms with Crippen molar-refractivity contribution in [1.82, 2.24) is 0 Å². The molecule has 0 bridgehead atoms. The first-order valence-corrected chi connectivity index (χ1v) is 10.3. The van der Waals surface area contributed by atoms with E-state index < -0.39 is 23.3 Å². The molecule has 1 unspecified atom stereocenters. The molecule has 0 saturated heterocycles. The number of anilines is 1. The molecule has 7 heteroatoms. The van der Waals surface area contributed by atoms with E-state index in [0.29, 0.717) is 17.0 Å². The molecular weight excluding hydrogens is 398 g/mol. The van der Waals surface area contributed by atoms with Gasteiger partial charge in [-0.2, -0.15) is 0 Å². The molecule has 1 amide bonds. The second kappa shape index (κ2) is 9.64. The van der Waals surface area contributed by atoms with Gasteiger partial charge in [-0.3, -0.25) is 14.4 Å². The molecule has 31 heavy (non-hydrogen) atoms. The molecule has 7 nitrogen and oxygen atoms in total. The van der Waals surface area contributed by atoms with Gasteiger partial charge in [0.2, 0.25) is 5.91 Å². The molecule has 2 aromatic rings. The van der Waals surface area contributed by atoms with Crippen LogP contribution in [0.4, 0.5) is 5.69 Å². The van der Waals surface area contributed by atoms with Crippen LogP contribution in [0.1, 0.15) is 37.3 Å². The molecule has 0 fully saturated rings. The van der Waals surface area contributed by atoms with E-state index in [0.717, 1.165) is 5.56 Å². The minimum Gasteiger partial charge on any atom is -0.497 e. The molecule has 164 valence electrons. The lowest BCUT2D eigenvalue weighted by atomic mass is 9.66. The van der Waals surface area contributed by atoms with Crippen LogP contribution in [0.25, 0.3) is 0 Å². The number of hydrogen-bond donors (Lipinski definition) is 1. The van der Waals surface area contributed by atoms with Crippen molar-refractivity contribution in [3.8, 4) is 5.75 Å². The van der Waals surface area contributed by atoms with Crippen molar-refractivity contribution in [2.24, 2.45) is 5.41 Å². The summed E-state index contributed by atoms with van der Waals surface area (Å²) in [6, 6.07) is 14.3. The maximum atomic E-state index is 13.3.